The quantitative estimate of drug-likeness (QED) is 0.166. The Bertz CT molecular complexity index is 3840. The van der Waals surface area contributed by atoms with E-state index in [1.165, 1.54) is 43.8 Å². The summed E-state index contributed by atoms with van der Waals surface area (Å²) in [5.74, 6) is 1.76. The molecule has 0 N–H and O–H groups in total. The zero-order valence-corrected chi connectivity index (χ0v) is 44.8. The van der Waals surface area contributed by atoms with E-state index in [-0.39, 0.29) is 21.7 Å². The average molecular weight is 965 g/mol. The molecule has 3 aromatic heterocycles. The van der Waals surface area contributed by atoms with Crippen LogP contribution < -0.4 is 0 Å². The van der Waals surface area contributed by atoms with Crippen molar-refractivity contribution in [1.29, 1.82) is 5.26 Å². The van der Waals surface area contributed by atoms with Crippen molar-refractivity contribution in [2.45, 2.75) is 105 Å². The van der Waals surface area contributed by atoms with E-state index in [2.05, 4.69) is 201 Å². The predicted molar refractivity (Wildman–Crippen MR) is 310 cm³/mol. The Kier molecular flexibility index (Phi) is 11.4. The molecule has 0 bridgehead atoms. The minimum absolute atomic E-state index is 0.0493. The summed E-state index contributed by atoms with van der Waals surface area (Å²) in [6, 6.07) is 63.5. The van der Waals surface area contributed by atoms with Gasteiger partial charge in [0.1, 0.15) is 0 Å². The molecule has 0 aliphatic rings. The molecule has 0 radical (unpaired) electrons. The van der Waals surface area contributed by atoms with Gasteiger partial charge in [-0.2, -0.15) is 5.26 Å². The Morgan fingerprint density at radius 2 is 0.703 bits per heavy atom. The summed E-state index contributed by atoms with van der Waals surface area (Å²) in [7, 11) is 0. The van der Waals surface area contributed by atoms with Gasteiger partial charge in [0.05, 0.1) is 45.1 Å². The number of fused-ring (bicyclic) bond motifs is 6. The number of nitriles is 1. The summed E-state index contributed by atoms with van der Waals surface area (Å²) in [5.41, 5.74) is 16.3. The van der Waals surface area contributed by atoms with Crippen molar-refractivity contribution in [2.24, 2.45) is 0 Å². The van der Waals surface area contributed by atoms with E-state index in [4.69, 9.17) is 15.0 Å². The summed E-state index contributed by atoms with van der Waals surface area (Å²) < 4.78 is 4.85. The summed E-state index contributed by atoms with van der Waals surface area (Å²) in [4.78, 5) is 15.6. The summed E-state index contributed by atoms with van der Waals surface area (Å²) in [6.07, 6.45) is 0. The number of hydrogen-bond acceptors (Lipinski definition) is 4. The predicted octanol–water partition coefficient (Wildman–Crippen LogP) is 17.8. The van der Waals surface area contributed by atoms with Gasteiger partial charge in [-0.25, -0.2) is 15.0 Å². The molecule has 11 rings (SSSR count). The van der Waals surface area contributed by atoms with Crippen LogP contribution in [0.1, 0.15) is 111 Å². The molecular formula is C68H64N6. The molecule has 0 aliphatic heterocycles. The van der Waals surface area contributed by atoms with Crippen molar-refractivity contribution in [3.63, 3.8) is 0 Å². The van der Waals surface area contributed by atoms with Gasteiger partial charge in [0.25, 0.3) is 0 Å². The summed E-state index contributed by atoms with van der Waals surface area (Å²) in [5, 5.41) is 15.5. The zero-order valence-electron chi connectivity index (χ0n) is 44.8. The highest BCUT2D eigenvalue weighted by Gasteiger charge is 2.27. The molecule has 366 valence electrons. The zero-order chi connectivity index (χ0) is 52.1. The highest BCUT2D eigenvalue weighted by Crippen LogP contribution is 2.45. The molecular weight excluding hydrogens is 901 g/mol. The van der Waals surface area contributed by atoms with E-state index in [0.29, 0.717) is 23.0 Å². The Hall–Kier alpha value is -8.14. The van der Waals surface area contributed by atoms with Crippen molar-refractivity contribution < 1.29 is 0 Å². The third-order valence-electron chi connectivity index (χ3n) is 14.8. The lowest BCUT2D eigenvalue weighted by Gasteiger charge is -2.22. The normalized spacial score (nSPS) is 12.6. The second-order valence-electron chi connectivity index (χ2n) is 24.2. The van der Waals surface area contributed by atoms with Crippen molar-refractivity contribution in [2.75, 3.05) is 0 Å². The maximum absolute atomic E-state index is 10.8. The van der Waals surface area contributed by atoms with E-state index in [1.807, 2.05) is 66.7 Å². The molecule has 0 saturated carbocycles. The minimum Gasteiger partial charge on any atom is -0.309 e. The first-order valence-corrected chi connectivity index (χ1v) is 25.9. The van der Waals surface area contributed by atoms with E-state index < -0.39 is 0 Å². The number of benzene rings is 8. The van der Waals surface area contributed by atoms with Crippen molar-refractivity contribution in [3.8, 4) is 62.7 Å². The molecule has 3 heterocycles. The molecule has 6 nitrogen and oxygen atoms in total. The maximum atomic E-state index is 10.8. The fourth-order valence-corrected chi connectivity index (χ4v) is 10.5. The number of nitrogens with zero attached hydrogens (tertiary/aromatic N) is 6. The van der Waals surface area contributed by atoms with Gasteiger partial charge in [0.15, 0.2) is 17.5 Å². The minimum atomic E-state index is -0.0723. The third-order valence-corrected chi connectivity index (χ3v) is 14.8. The van der Waals surface area contributed by atoms with Crippen LogP contribution in [0.4, 0.5) is 0 Å². The number of rotatable bonds is 6. The van der Waals surface area contributed by atoms with Crippen LogP contribution >= 0.6 is 0 Å². The average Bonchev–Trinajstić information content (AvgIpc) is 3.89. The van der Waals surface area contributed by atoms with Gasteiger partial charge in [0.2, 0.25) is 0 Å². The van der Waals surface area contributed by atoms with Crippen molar-refractivity contribution in [1.82, 2.24) is 24.1 Å². The van der Waals surface area contributed by atoms with Crippen LogP contribution in [0, 0.1) is 11.3 Å². The Labute approximate surface area is 436 Å². The van der Waals surface area contributed by atoms with Crippen molar-refractivity contribution >= 4 is 43.6 Å². The van der Waals surface area contributed by atoms with Crippen molar-refractivity contribution in [3.05, 3.63) is 198 Å². The van der Waals surface area contributed by atoms with Gasteiger partial charge in [-0.3, -0.25) is 0 Å². The fourth-order valence-electron chi connectivity index (χ4n) is 10.5. The summed E-state index contributed by atoms with van der Waals surface area (Å²) in [6.45, 7) is 27.4. The first-order chi connectivity index (χ1) is 35.2. The Morgan fingerprint density at radius 3 is 1.07 bits per heavy atom. The lowest BCUT2D eigenvalue weighted by Crippen LogP contribution is -2.10. The molecule has 11 aromatic rings. The Balaban J connectivity index is 1.26. The van der Waals surface area contributed by atoms with Crippen LogP contribution in [0.15, 0.2) is 170 Å². The second kappa shape index (κ2) is 17.5. The molecule has 6 heteroatoms. The lowest BCUT2D eigenvalue weighted by molar-refractivity contribution is 0.590. The highest BCUT2D eigenvalue weighted by atomic mass is 15.0. The van der Waals surface area contributed by atoms with E-state index in [1.54, 1.807) is 0 Å². The topological polar surface area (TPSA) is 72.3 Å². The van der Waals surface area contributed by atoms with Crippen LogP contribution in [-0.4, -0.2) is 24.1 Å². The fraction of sp³-hybridized carbons (Fsp3) is 0.235. The third kappa shape index (κ3) is 8.54. The first-order valence-electron chi connectivity index (χ1n) is 25.9. The van der Waals surface area contributed by atoms with Gasteiger partial charge in [-0.15, -0.1) is 0 Å². The van der Waals surface area contributed by atoms with Gasteiger partial charge in [-0.05, 0) is 117 Å². The highest BCUT2D eigenvalue weighted by molar-refractivity contribution is 6.12. The lowest BCUT2D eigenvalue weighted by atomic mass is 9.85. The van der Waals surface area contributed by atoms with E-state index in [0.717, 1.165) is 61.3 Å². The van der Waals surface area contributed by atoms with Gasteiger partial charge in [0, 0.05) is 49.4 Å². The molecule has 74 heavy (non-hydrogen) atoms. The van der Waals surface area contributed by atoms with Crippen LogP contribution in [-0.2, 0) is 21.7 Å². The number of aromatic nitrogens is 5. The summed E-state index contributed by atoms with van der Waals surface area (Å²) >= 11 is 0. The SMILES string of the molecule is CC(C)(C)c1ccc2c(c1)c1cc(C(C)(C)C)ccc1n2-c1ccc(C#N)cc1-c1ccc(-c2nc(-c3ccccc3)nc(-c3ccccc3)n2)cc1-n1c2ccc(C(C)(C)C)cc2c2cc(C(C)(C)C)ccc21. The smallest absolute Gasteiger partial charge is 0.164 e. The molecule has 0 spiro atoms. The molecule has 0 aliphatic carbocycles. The molecule has 0 atom stereocenters. The van der Waals surface area contributed by atoms with E-state index >= 15 is 0 Å². The van der Waals surface area contributed by atoms with Crippen LogP contribution in [0.5, 0.6) is 0 Å². The number of hydrogen-bond donors (Lipinski definition) is 0. The van der Waals surface area contributed by atoms with Crippen LogP contribution in [0.2, 0.25) is 0 Å². The molecule has 0 unspecified atom stereocenters. The van der Waals surface area contributed by atoms with Gasteiger partial charge < -0.3 is 9.13 Å². The second-order valence-corrected chi connectivity index (χ2v) is 24.2. The maximum Gasteiger partial charge on any atom is 0.164 e. The molecule has 0 saturated heterocycles. The molecule has 0 amide bonds. The standard InChI is InChI=1S/C68H64N6/c1-65(2,3)46-25-31-57-52(37-46)53-38-47(66(4,5)6)26-32-58(53)73(57)56-30-23-42(41-69)35-51(56)50-29-24-45(64-71-62(43-19-15-13-16-20-43)70-63(72-64)44-21-17-14-18-22-44)36-61(50)74-59-33-27-48(67(7,8)9)39-54(59)55-40-49(68(10,11)12)28-34-60(55)74/h13-40H,1-12H3. The largest absolute Gasteiger partial charge is 0.309 e. The molecule has 0 fully saturated rings. The monoisotopic (exact) mass is 965 g/mol. The Morgan fingerprint density at radius 1 is 0.338 bits per heavy atom. The van der Waals surface area contributed by atoms with Crippen LogP contribution in [0.3, 0.4) is 0 Å². The van der Waals surface area contributed by atoms with E-state index in [9.17, 15) is 5.26 Å². The van der Waals surface area contributed by atoms with Crippen LogP contribution in [0.25, 0.3) is 100 Å². The molecule has 8 aromatic carbocycles. The first kappa shape index (κ1) is 48.1. The van der Waals surface area contributed by atoms with Gasteiger partial charge >= 0.3 is 0 Å². The van der Waals surface area contributed by atoms with Gasteiger partial charge in [-0.1, -0.05) is 180 Å².